The van der Waals surface area contributed by atoms with E-state index < -0.39 is 0 Å². The van der Waals surface area contributed by atoms with Crippen molar-refractivity contribution in [3.63, 3.8) is 0 Å². The van der Waals surface area contributed by atoms with E-state index in [1.165, 1.54) is 19.2 Å². The maximum atomic E-state index is 11.9. The van der Waals surface area contributed by atoms with Gasteiger partial charge in [0.25, 0.3) is 5.91 Å². The molecule has 0 radical (unpaired) electrons. The van der Waals surface area contributed by atoms with Crippen LogP contribution in [0.1, 0.15) is 48.0 Å². The number of nitrogens with one attached hydrogen (secondary N) is 2. The summed E-state index contributed by atoms with van der Waals surface area (Å²) in [5.41, 5.74) is 0.854. The smallest absolute Gasteiger partial charge is 0.267 e. The van der Waals surface area contributed by atoms with Gasteiger partial charge in [-0.25, -0.2) is 0 Å². The number of H-pyrrole nitrogens is 1. The van der Waals surface area contributed by atoms with E-state index in [4.69, 9.17) is 5.11 Å². The molecule has 0 aliphatic rings. The largest absolute Gasteiger partial charge is 0.396 e. The molecule has 0 aromatic carbocycles. The Labute approximate surface area is 107 Å². The van der Waals surface area contributed by atoms with Gasteiger partial charge in [0.2, 0.25) is 0 Å². The Balaban J connectivity index is 2.71. The Kier molecular flexibility index (Phi) is 5.09. The van der Waals surface area contributed by atoms with Gasteiger partial charge < -0.3 is 15.4 Å². The second-order valence-electron chi connectivity index (χ2n) is 4.69. The fourth-order valence-corrected chi connectivity index (χ4v) is 1.69. The molecule has 1 rings (SSSR count). The summed E-state index contributed by atoms with van der Waals surface area (Å²) in [6.45, 7) is 5.45. The summed E-state index contributed by atoms with van der Waals surface area (Å²) < 4.78 is 0. The third-order valence-electron chi connectivity index (χ3n) is 2.90. The van der Waals surface area contributed by atoms with Gasteiger partial charge in [0.1, 0.15) is 5.69 Å². The van der Waals surface area contributed by atoms with Crippen LogP contribution >= 0.6 is 0 Å². The van der Waals surface area contributed by atoms with Crippen molar-refractivity contribution < 1.29 is 14.7 Å². The summed E-state index contributed by atoms with van der Waals surface area (Å²) >= 11 is 0. The van der Waals surface area contributed by atoms with E-state index in [0.717, 1.165) is 0 Å². The van der Waals surface area contributed by atoms with Crippen molar-refractivity contribution in [2.75, 3.05) is 6.61 Å². The monoisotopic (exact) mass is 252 g/mol. The normalized spacial score (nSPS) is 12.5. The van der Waals surface area contributed by atoms with Gasteiger partial charge in [0.05, 0.1) is 0 Å². The van der Waals surface area contributed by atoms with Crippen molar-refractivity contribution in [2.45, 2.75) is 33.2 Å². The number of Topliss-reactive ketones (excluding diaryl/α,β-unsaturated/α-hetero) is 1. The van der Waals surface area contributed by atoms with Gasteiger partial charge in [-0.1, -0.05) is 13.8 Å². The van der Waals surface area contributed by atoms with Crippen LogP contribution in [-0.2, 0) is 0 Å². The van der Waals surface area contributed by atoms with Gasteiger partial charge in [0, 0.05) is 24.4 Å². The van der Waals surface area contributed by atoms with Crippen LogP contribution in [0.25, 0.3) is 0 Å². The summed E-state index contributed by atoms with van der Waals surface area (Å²) in [5.74, 6) is -0.0981. The molecule has 18 heavy (non-hydrogen) atoms. The van der Waals surface area contributed by atoms with E-state index in [-0.39, 0.29) is 30.3 Å². The van der Waals surface area contributed by atoms with Gasteiger partial charge in [0.15, 0.2) is 5.78 Å². The molecule has 0 aliphatic carbocycles. The number of aliphatic hydroxyl groups excluding tert-OH is 1. The van der Waals surface area contributed by atoms with Gasteiger partial charge in [-0.15, -0.1) is 0 Å². The molecule has 1 atom stereocenters. The number of aromatic nitrogens is 1. The highest BCUT2D eigenvalue weighted by atomic mass is 16.3. The van der Waals surface area contributed by atoms with Crippen LogP contribution in [0.3, 0.4) is 0 Å². The summed E-state index contributed by atoms with van der Waals surface area (Å²) in [6, 6.07) is 1.46. The van der Waals surface area contributed by atoms with Crippen LogP contribution in [0.4, 0.5) is 0 Å². The van der Waals surface area contributed by atoms with E-state index >= 15 is 0 Å². The zero-order chi connectivity index (χ0) is 13.7. The van der Waals surface area contributed by atoms with Crippen molar-refractivity contribution in [1.82, 2.24) is 10.3 Å². The minimum atomic E-state index is -0.255. The predicted octanol–water partition coefficient (Wildman–Crippen LogP) is 1.35. The standard InChI is InChI=1S/C13H20N2O3/c1-8(2)11(4-5-16)15-13(18)12-6-10(7-14-12)9(3)17/h6-8,11,14,16H,4-5H2,1-3H3,(H,15,18). The molecule has 0 saturated carbocycles. The molecule has 1 aromatic heterocycles. The summed E-state index contributed by atoms with van der Waals surface area (Å²) in [5, 5.41) is 11.8. The van der Waals surface area contributed by atoms with Crippen LogP contribution in [0.5, 0.6) is 0 Å². The van der Waals surface area contributed by atoms with Gasteiger partial charge in [-0.05, 0) is 25.3 Å². The van der Waals surface area contributed by atoms with Crippen molar-refractivity contribution >= 4 is 11.7 Å². The topological polar surface area (TPSA) is 82.2 Å². The van der Waals surface area contributed by atoms with Crippen molar-refractivity contribution in [3.8, 4) is 0 Å². The Bertz CT molecular complexity index is 424. The first-order chi connectivity index (χ1) is 8.45. The molecule has 0 spiro atoms. The third-order valence-corrected chi connectivity index (χ3v) is 2.90. The number of carbonyl (C=O) groups excluding carboxylic acids is 2. The molecule has 1 unspecified atom stereocenters. The van der Waals surface area contributed by atoms with Gasteiger partial charge >= 0.3 is 0 Å². The van der Waals surface area contributed by atoms with Gasteiger partial charge in [-0.2, -0.15) is 0 Å². The molecule has 5 nitrogen and oxygen atoms in total. The molecule has 5 heteroatoms. The minimum Gasteiger partial charge on any atom is -0.396 e. The van der Waals surface area contributed by atoms with Crippen molar-refractivity contribution in [2.24, 2.45) is 5.92 Å². The van der Waals surface area contributed by atoms with E-state index in [1.807, 2.05) is 13.8 Å². The SMILES string of the molecule is CC(=O)c1c[nH]c(C(=O)NC(CCO)C(C)C)c1. The molecule has 0 aliphatic heterocycles. The number of rotatable bonds is 6. The number of amides is 1. The lowest BCUT2D eigenvalue weighted by Gasteiger charge is -2.21. The first kappa shape index (κ1) is 14.4. The maximum absolute atomic E-state index is 11.9. The Hall–Kier alpha value is -1.62. The zero-order valence-corrected chi connectivity index (χ0v) is 11.0. The highest BCUT2D eigenvalue weighted by Crippen LogP contribution is 2.09. The molecule has 1 amide bonds. The lowest BCUT2D eigenvalue weighted by atomic mass is 10.0. The molecule has 1 aromatic rings. The lowest BCUT2D eigenvalue weighted by Crippen LogP contribution is -2.39. The second-order valence-corrected chi connectivity index (χ2v) is 4.69. The maximum Gasteiger partial charge on any atom is 0.267 e. The van der Waals surface area contributed by atoms with Crippen molar-refractivity contribution in [3.05, 3.63) is 23.5 Å². The number of ketones is 1. The average Bonchev–Trinajstić information content (AvgIpc) is 2.77. The summed E-state index contributed by atoms with van der Waals surface area (Å²) in [7, 11) is 0. The average molecular weight is 252 g/mol. The number of hydrogen-bond acceptors (Lipinski definition) is 3. The number of carbonyl (C=O) groups is 2. The van der Waals surface area contributed by atoms with Crippen LogP contribution in [0, 0.1) is 5.92 Å². The van der Waals surface area contributed by atoms with E-state index in [1.54, 1.807) is 0 Å². The second kappa shape index (κ2) is 6.35. The minimum absolute atomic E-state index is 0.0343. The third kappa shape index (κ3) is 3.70. The summed E-state index contributed by atoms with van der Waals surface area (Å²) in [4.78, 5) is 25.8. The van der Waals surface area contributed by atoms with Crippen molar-refractivity contribution in [1.29, 1.82) is 0 Å². The molecule has 0 saturated heterocycles. The van der Waals surface area contributed by atoms with Gasteiger partial charge in [-0.3, -0.25) is 9.59 Å². The Morgan fingerprint density at radius 2 is 2.11 bits per heavy atom. The molecule has 0 bridgehead atoms. The lowest BCUT2D eigenvalue weighted by molar-refractivity contribution is 0.0912. The Morgan fingerprint density at radius 3 is 2.56 bits per heavy atom. The highest BCUT2D eigenvalue weighted by Gasteiger charge is 2.18. The first-order valence-corrected chi connectivity index (χ1v) is 6.06. The zero-order valence-electron chi connectivity index (χ0n) is 11.0. The van der Waals surface area contributed by atoms with E-state index in [9.17, 15) is 9.59 Å². The van der Waals surface area contributed by atoms with Crippen LogP contribution in [-0.4, -0.2) is 34.4 Å². The van der Waals surface area contributed by atoms with Crippen LogP contribution < -0.4 is 5.32 Å². The summed E-state index contributed by atoms with van der Waals surface area (Å²) in [6.07, 6.45) is 2.04. The number of aromatic amines is 1. The molecule has 1 heterocycles. The number of hydrogen-bond donors (Lipinski definition) is 3. The fraction of sp³-hybridized carbons (Fsp3) is 0.538. The molecule has 0 fully saturated rings. The first-order valence-electron chi connectivity index (χ1n) is 6.06. The predicted molar refractivity (Wildman–Crippen MR) is 68.6 cm³/mol. The van der Waals surface area contributed by atoms with Crippen LogP contribution in [0.2, 0.25) is 0 Å². The molecular weight excluding hydrogens is 232 g/mol. The van der Waals surface area contributed by atoms with E-state index in [0.29, 0.717) is 17.7 Å². The molecular formula is C13H20N2O3. The van der Waals surface area contributed by atoms with Crippen LogP contribution in [0.15, 0.2) is 12.3 Å². The quantitative estimate of drug-likeness (QED) is 0.668. The molecule has 100 valence electrons. The highest BCUT2D eigenvalue weighted by molar-refractivity contribution is 5.99. The Morgan fingerprint density at radius 1 is 1.44 bits per heavy atom. The fourth-order valence-electron chi connectivity index (χ4n) is 1.69. The molecule has 3 N–H and O–H groups in total. The van der Waals surface area contributed by atoms with E-state index in [2.05, 4.69) is 10.3 Å². The number of aliphatic hydroxyl groups is 1.